The zero-order chi connectivity index (χ0) is 15.9. The zero-order valence-electron chi connectivity index (χ0n) is 14.4. The van der Waals surface area contributed by atoms with Gasteiger partial charge in [0.25, 0.3) is 0 Å². The highest BCUT2D eigenvalue weighted by molar-refractivity contribution is 7.91. The van der Waals surface area contributed by atoms with Gasteiger partial charge in [-0.15, -0.1) is 0 Å². The number of nitrogens with one attached hydrogen (secondary N) is 1. The first kappa shape index (κ1) is 19.0. The Hall–Kier alpha value is -0.0900. The van der Waals surface area contributed by atoms with E-state index in [0.29, 0.717) is 23.6 Å². The van der Waals surface area contributed by atoms with Gasteiger partial charge in [-0.2, -0.15) is 0 Å². The van der Waals surface area contributed by atoms with Crippen LogP contribution in [0.15, 0.2) is 0 Å². The summed E-state index contributed by atoms with van der Waals surface area (Å²) in [5.41, 5.74) is 0. The van der Waals surface area contributed by atoms with Crippen molar-refractivity contribution in [3.05, 3.63) is 0 Å². The van der Waals surface area contributed by atoms with Gasteiger partial charge < -0.3 is 5.32 Å². The number of sulfone groups is 1. The molecule has 126 valence electrons. The van der Waals surface area contributed by atoms with E-state index in [1.54, 1.807) is 6.92 Å². The molecule has 21 heavy (non-hydrogen) atoms. The van der Waals surface area contributed by atoms with Crippen molar-refractivity contribution >= 4 is 9.84 Å². The summed E-state index contributed by atoms with van der Waals surface area (Å²) in [6.07, 6.45) is 7.25. The molecule has 0 aromatic rings. The van der Waals surface area contributed by atoms with Crippen molar-refractivity contribution in [1.29, 1.82) is 0 Å². The monoisotopic (exact) mass is 317 g/mol. The lowest BCUT2D eigenvalue weighted by molar-refractivity contribution is 0.162. The summed E-state index contributed by atoms with van der Waals surface area (Å²) < 4.78 is 23.6. The third-order valence-corrected chi connectivity index (χ3v) is 6.71. The second-order valence-electron chi connectivity index (χ2n) is 7.08. The number of hydrogen-bond acceptors (Lipinski definition) is 3. The van der Waals surface area contributed by atoms with E-state index in [0.717, 1.165) is 18.9 Å². The minimum absolute atomic E-state index is 0.285. The predicted octanol–water partition coefficient (Wildman–Crippen LogP) is 3.64. The Kier molecular flexibility index (Phi) is 8.25. The predicted molar refractivity (Wildman–Crippen MR) is 91.3 cm³/mol. The first-order valence-corrected chi connectivity index (χ1v) is 10.6. The molecule has 0 amide bonds. The van der Waals surface area contributed by atoms with E-state index in [4.69, 9.17) is 0 Å². The Balaban J connectivity index is 2.59. The van der Waals surface area contributed by atoms with Gasteiger partial charge in [0, 0.05) is 11.8 Å². The molecule has 3 nitrogen and oxygen atoms in total. The fraction of sp³-hybridized carbons (Fsp3) is 1.00. The molecule has 1 rings (SSSR count). The molecule has 1 aliphatic carbocycles. The van der Waals surface area contributed by atoms with Crippen LogP contribution in [0.3, 0.4) is 0 Å². The molecule has 1 fully saturated rings. The van der Waals surface area contributed by atoms with E-state index in [1.165, 1.54) is 32.1 Å². The van der Waals surface area contributed by atoms with Crippen molar-refractivity contribution in [3.8, 4) is 0 Å². The Morgan fingerprint density at radius 2 is 1.81 bits per heavy atom. The minimum atomic E-state index is -2.82. The molecule has 1 aliphatic rings. The normalized spacial score (nSPS) is 27.2. The van der Waals surface area contributed by atoms with Gasteiger partial charge in [-0.25, -0.2) is 8.42 Å². The summed E-state index contributed by atoms with van der Waals surface area (Å²) in [6, 6.07) is 0.512. The molecule has 3 atom stereocenters. The second kappa shape index (κ2) is 9.14. The molecule has 3 unspecified atom stereocenters. The van der Waals surface area contributed by atoms with Crippen LogP contribution in [0.5, 0.6) is 0 Å². The fourth-order valence-electron chi connectivity index (χ4n) is 3.58. The number of rotatable bonds is 9. The molecule has 0 aromatic heterocycles. The first-order chi connectivity index (χ1) is 9.88. The van der Waals surface area contributed by atoms with E-state index >= 15 is 0 Å². The zero-order valence-corrected chi connectivity index (χ0v) is 15.2. The maximum atomic E-state index is 11.8. The van der Waals surface area contributed by atoms with Crippen LogP contribution in [-0.4, -0.2) is 32.5 Å². The van der Waals surface area contributed by atoms with Crippen LogP contribution in [0.2, 0.25) is 0 Å². The summed E-state index contributed by atoms with van der Waals surface area (Å²) in [5, 5.41) is 3.55. The average molecular weight is 318 g/mol. The molecule has 0 aromatic carbocycles. The van der Waals surface area contributed by atoms with Crippen LogP contribution in [0.25, 0.3) is 0 Å². The van der Waals surface area contributed by atoms with Crippen LogP contribution in [0, 0.1) is 17.8 Å². The summed E-state index contributed by atoms with van der Waals surface area (Å²) >= 11 is 0. The Labute approximate surface area is 132 Å². The Morgan fingerprint density at radius 1 is 1.10 bits per heavy atom. The van der Waals surface area contributed by atoms with Gasteiger partial charge in [-0.05, 0) is 43.6 Å². The number of hydrogen-bond donors (Lipinski definition) is 1. The molecule has 0 saturated heterocycles. The standard InChI is InChI=1S/C17H35NO2S/c1-5-7-15-8-9-17(13-18-14(3)4)16(12-15)10-11-21(19,20)6-2/h14-18H,5-13H2,1-4H3. The summed E-state index contributed by atoms with van der Waals surface area (Å²) in [5.74, 6) is 2.73. The molecule has 1 N–H and O–H groups in total. The van der Waals surface area contributed by atoms with E-state index in [9.17, 15) is 8.42 Å². The van der Waals surface area contributed by atoms with Gasteiger partial charge >= 0.3 is 0 Å². The molecule has 0 aliphatic heterocycles. The van der Waals surface area contributed by atoms with E-state index in [-0.39, 0.29) is 5.75 Å². The summed E-state index contributed by atoms with van der Waals surface area (Å²) in [4.78, 5) is 0. The van der Waals surface area contributed by atoms with Gasteiger partial charge in [0.15, 0.2) is 0 Å². The molecular formula is C17H35NO2S. The van der Waals surface area contributed by atoms with Crippen molar-refractivity contribution in [2.45, 2.75) is 72.3 Å². The smallest absolute Gasteiger partial charge is 0.150 e. The van der Waals surface area contributed by atoms with Gasteiger partial charge in [-0.1, -0.05) is 47.0 Å². The molecule has 0 radical (unpaired) electrons. The van der Waals surface area contributed by atoms with Crippen molar-refractivity contribution in [2.75, 3.05) is 18.1 Å². The minimum Gasteiger partial charge on any atom is -0.314 e. The molecule has 4 heteroatoms. The summed E-state index contributed by atoms with van der Waals surface area (Å²) in [7, 11) is -2.82. The summed E-state index contributed by atoms with van der Waals surface area (Å²) in [6.45, 7) is 9.42. The van der Waals surface area contributed by atoms with E-state index in [2.05, 4.69) is 26.1 Å². The van der Waals surface area contributed by atoms with Crippen LogP contribution in [0.1, 0.15) is 66.2 Å². The van der Waals surface area contributed by atoms with E-state index in [1.807, 2.05) is 0 Å². The van der Waals surface area contributed by atoms with Gasteiger partial charge in [0.1, 0.15) is 9.84 Å². The average Bonchev–Trinajstić information content (AvgIpc) is 2.44. The highest BCUT2D eigenvalue weighted by Gasteiger charge is 2.30. The maximum absolute atomic E-state index is 11.8. The molecule has 0 spiro atoms. The van der Waals surface area contributed by atoms with Gasteiger partial charge in [-0.3, -0.25) is 0 Å². The highest BCUT2D eigenvalue weighted by Crippen LogP contribution is 2.38. The van der Waals surface area contributed by atoms with Gasteiger partial charge in [0.2, 0.25) is 0 Å². The fourth-order valence-corrected chi connectivity index (χ4v) is 4.53. The van der Waals surface area contributed by atoms with Crippen molar-refractivity contribution in [1.82, 2.24) is 5.32 Å². The second-order valence-corrected chi connectivity index (χ2v) is 9.55. The molecule has 0 heterocycles. The molecular weight excluding hydrogens is 282 g/mol. The lowest BCUT2D eigenvalue weighted by Crippen LogP contribution is -2.36. The SMILES string of the molecule is CCCC1CCC(CNC(C)C)C(CCS(=O)(=O)CC)C1. The third-order valence-electron chi connectivity index (χ3n) is 4.97. The van der Waals surface area contributed by atoms with Gasteiger partial charge in [0.05, 0.1) is 5.75 Å². The van der Waals surface area contributed by atoms with Crippen molar-refractivity contribution in [2.24, 2.45) is 17.8 Å². The molecule has 0 bridgehead atoms. The Morgan fingerprint density at radius 3 is 2.38 bits per heavy atom. The van der Waals surface area contributed by atoms with E-state index < -0.39 is 9.84 Å². The van der Waals surface area contributed by atoms with Crippen LogP contribution < -0.4 is 5.32 Å². The molecule has 1 saturated carbocycles. The van der Waals surface area contributed by atoms with Crippen LogP contribution in [-0.2, 0) is 9.84 Å². The Bertz CT molecular complexity index is 378. The van der Waals surface area contributed by atoms with Crippen molar-refractivity contribution < 1.29 is 8.42 Å². The highest BCUT2D eigenvalue weighted by atomic mass is 32.2. The first-order valence-electron chi connectivity index (χ1n) is 8.81. The quantitative estimate of drug-likeness (QED) is 0.706. The lowest BCUT2D eigenvalue weighted by atomic mass is 9.71. The third kappa shape index (κ3) is 7.14. The van der Waals surface area contributed by atoms with Crippen LogP contribution >= 0.6 is 0 Å². The lowest BCUT2D eigenvalue weighted by Gasteiger charge is -2.37. The maximum Gasteiger partial charge on any atom is 0.150 e. The largest absolute Gasteiger partial charge is 0.314 e. The van der Waals surface area contributed by atoms with Crippen molar-refractivity contribution in [3.63, 3.8) is 0 Å². The topological polar surface area (TPSA) is 46.2 Å². The van der Waals surface area contributed by atoms with Crippen LogP contribution in [0.4, 0.5) is 0 Å².